The van der Waals surface area contributed by atoms with Crippen LogP contribution < -0.4 is 4.72 Å². The van der Waals surface area contributed by atoms with E-state index in [0.29, 0.717) is 5.92 Å². The van der Waals surface area contributed by atoms with E-state index >= 15 is 0 Å². The molecular formula is C18H27BrN2OS. The number of halogens is 1. The summed E-state index contributed by atoms with van der Waals surface area (Å²) in [7, 11) is 0. The van der Waals surface area contributed by atoms with Crippen LogP contribution in [-0.2, 0) is 17.9 Å². The third-order valence-corrected chi connectivity index (χ3v) is 5.92. The molecule has 0 spiro atoms. The van der Waals surface area contributed by atoms with Crippen LogP contribution in [0.3, 0.4) is 0 Å². The van der Waals surface area contributed by atoms with Gasteiger partial charge < -0.3 is 9.12 Å². The molecule has 23 heavy (non-hydrogen) atoms. The predicted octanol–water partition coefficient (Wildman–Crippen LogP) is 5.17. The number of hydrogen-bond donors (Lipinski definition) is 1. The quantitative estimate of drug-likeness (QED) is 0.705. The van der Waals surface area contributed by atoms with Crippen molar-refractivity contribution in [1.82, 2.24) is 9.29 Å². The van der Waals surface area contributed by atoms with Gasteiger partial charge in [-0.1, -0.05) is 35.8 Å². The summed E-state index contributed by atoms with van der Waals surface area (Å²) < 4.78 is 18.8. The molecule has 2 atom stereocenters. The van der Waals surface area contributed by atoms with Gasteiger partial charge >= 0.3 is 0 Å². The van der Waals surface area contributed by atoms with E-state index in [1.54, 1.807) is 0 Å². The Labute approximate surface area is 151 Å². The van der Waals surface area contributed by atoms with E-state index in [1.165, 1.54) is 16.5 Å². The molecule has 0 radical (unpaired) electrons. The summed E-state index contributed by atoms with van der Waals surface area (Å²) in [5.74, 6) is 0.574. The van der Waals surface area contributed by atoms with Gasteiger partial charge in [0.15, 0.2) is 0 Å². The van der Waals surface area contributed by atoms with Crippen molar-refractivity contribution in [1.29, 1.82) is 0 Å². The van der Waals surface area contributed by atoms with E-state index < -0.39 is 11.4 Å². The highest BCUT2D eigenvalue weighted by molar-refractivity contribution is 9.10. The first-order valence-electron chi connectivity index (χ1n) is 8.06. The van der Waals surface area contributed by atoms with Gasteiger partial charge in [-0.2, -0.15) is 0 Å². The zero-order valence-corrected chi connectivity index (χ0v) is 17.2. The average Bonchev–Trinajstić information content (AvgIpc) is 2.75. The van der Waals surface area contributed by atoms with Gasteiger partial charge in [0.1, 0.15) is 4.75 Å². The Morgan fingerprint density at radius 3 is 2.48 bits per heavy atom. The van der Waals surface area contributed by atoms with Crippen LogP contribution in [-0.4, -0.2) is 13.9 Å². The third-order valence-electron chi connectivity index (χ3n) is 3.74. The maximum Gasteiger partial charge on any atom is 0.136 e. The van der Waals surface area contributed by atoms with Crippen molar-refractivity contribution in [2.75, 3.05) is 0 Å². The predicted molar refractivity (Wildman–Crippen MR) is 104 cm³/mol. The minimum atomic E-state index is -1.09. The summed E-state index contributed by atoms with van der Waals surface area (Å²) >= 11 is 2.48. The molecule has 0 saturated heterocycles. The first kappa shape index (κ1) is 18.8. The third kappa shape index (κ3) is 4.53. The lowest BCUT2D eigenvalue weighted by Crippen LogP contribution is -2.40. The van der Waals surface area contributed by atoms with Gasteiger partial charge in [-0.3, -0.25) is 0 Å². The number of benzene rings is 1. The minimum Gasteiger partial charge on any atom is -0.598 e. The number of nitrogens with one attached hydrogen (secondary N) is 1. The number of rotatable bonds is 5. The lowest BCUT2D eigenvalue weighted by molar-refractivity contribution is 0.525. The van der Waals surface area contributed by atoms with Crippen molar-refractivity contribution < 1.29 is 4.55 Å². The molecule has 1 heterocycles. The van der Waals surface area contributed by atoms with Crippen LogP contribution in [0.5, 0.6) is 0 Å². The Hall–Kier alpha value is -0.490. The normalized spacial score (nSPS) is 15.3. The van der Waals surface area contributed by atoms with Crippen LogP contribution >= 0.6 is 15.9 Å². The molecule has 0 fully saturated rings. The van der Waals surface area contributed by atoms with E-state index in [0.717, 1.165) is 11.0 Å². The first-order valence-corrected chi connectivity index (χ1v) is 10.00. The monoisotopic (exact) mass is 398 g/mol. The van der Waals surface area contributed by atoms with E-state index in [1.807, 2.05) is 20.8 Å². The maximum atomic E-state index is 12.4. The van der Waals surface area contributed by atoms with Crippen LogP contribution in [0, 0.1) is 5.92 Å². The Balaban J connectivity index is 2.40. The Kier molecular flexibility index (Phi) is 5.88. The molecule has 0 bridgehead atoms. The standard InChI is InChI=1S/C18H27BrN2OS/c1-12(2)10-21-11-16(13(3)20-23(22)18(4,5)6)15-8-7-14(19)9-17(15)21/h7-9,11-13,20H,10H2,1-6H3/t13-,23+/m1/s1. The molecule has 0 aliphatic rings. The molecule has 0 saturated carbocycles. The van der Waals surface area contributed by atoms with E-state index in [4.69, 9.17) is 0 Å². The largest absolute Gasteiger partial charge is 0.598 e. The molecule has 0 aliphatic heterocycles. The van der Waals surface area contributed by atoms with E-state index in [9.17, 15) is 4.55 Å². The van der Waals surface area contributed by atoms with Crippen molar-refractivity contribution in [3.05, 3.63) is 34.4 Å². The topological polar surface area (TPSA) is 40.0 Å². The summed E-state index contributed by atoms with van der Waals surface area (Å²) in [6.07, 6.45) is 2.20. The molecule has 2 rings (SSSR count). The highest BCUT2D eigenvalue weighted by atomic mass is 79.9. The van der Waals surface area contributed by atoms with Crippen molar-refractivity contribution in [3.8, 4) is 0 Å². The molecule has 0 aliphatic carbocycles. The minimum absolute atomic E-state index is 0.0344. The maximum absolute atomic E-state index is 12.4. The molecular weight excluding hydrogens is 372 g/mol. The molecule has 128 valence electrons. The van der Waals surface area contributed by atoms with Gasteiger partial charge in [-0.05, 0) is 51.3 Å². The van der Waals surface area contributed by atoms with Gasteiger partial charge in [-0.15, -0.1) is 4.72 Å². The van der Waals surface area contributed by atoms with Gasteiger partial charge in [0, 0.05) is 39.5 Å². The Morgan fingerprint density at radius 1 is 1.26 bits per heavy atom. The van der Waals surface area contributed by atoms with Gasteiger partial charge in [0.2, 0.25) is 0 Å². The summed E-state index contributed by atoms with van der Waals surface area (Å²) in [6, 6.07) is 6.41. The van der Waals surface area contributed by atoms with Gasteiger partial charge in [-0.25, -0.2) is 0 Å². The molecule has 1 N–H and O–H groups in total. The first-order chi connectivity index (χ1) is 10.6. The van der Waals surface area contributed by atoms with Gasteiger partial charge in [0.25, 0.3) is 0 Å². The summed E-state index contributed by atoms with van der Waals surface area (Å²) in [6.45, 7) is 13.5. The number of nitrogens with zero attached hydrogens (tertiary/aromatic N) is 1. The summed E-state index contributed by atoms with van der Waals surface area (Å²) in [5.41, 5.74) is 2.42. The SMILES string of the molecule is CC(C)Cn1cc([C@@H](C)N[S@@+]([O-])C(C)(C)C)c2ccc(Br)cc21. The lowest BCUT2D eigenvalue weighted by atomic mass is 10.1. The second kappa shape index (κ2) is 7.18. The van der Waals surface area contributed by atoms with Crippen molar-refractivity contribution >= 4 is 38.2 Å². The van der Waals surface area contributed by atoms with E-state index in [2.05, 4.69) is 70.4 Å². The molecule has 1 aromatic heterocycles. The van der Waals surface area contributed by atoms with Gasteiger partial charge in [0.05, 0.1) is 6.04 Å². The van der Waals surface area contributed by atoms with Crippen molar-refractivity contribution in [2.45, 2.75) is 58.9 Å². The second-order valence-electron chi connectivity index (χ2n) is 7.51. The van der Waals surface area contributed by atoms with Crippen LogP contribution in [0.2, 0.25) is 0 Å². The summed E-state index contributed by atoms with van der Waals surface area (Å²) in [4.78, 5) is 0. The highest BCUT2D eigenvalue weighted by Gasteiger charge is 2.29. The highest BCUT2D eigenvalue weighted by Crippen LogP contribution is 2.30. The number of fused-ring (bicyclic) bond motifs is 1. The fraction of sp³-hybridized carbons (Fsp3) is 0.556. The molecule has 0 amide bonds. The number of hydrogen-bond acceptors (Lipinski definition) is 2. The smallest absolute Gasteiger partial charge is 0.136 e. The molecule has 3 nitrogen and oxygen atoms in total. The van der Waals surface area contributed by atoms with Crippen molar-refractivity contribution in [2.24, 2.45) is 5.92 Å². The molecule has 0 unspecified atom stereocenters. The van der Waals surface area contributed by atoms with Crippen LogP contribution in [0.1, 0.15) is 53.1 Å². The second-order valence-corrected chi connectivity index (χ2v) is 10.4. The van der Waals surface area contributed by atoms with Crippen LogP contribution in [0.25, 0.3) is 10.9 Å². The van der Waals surface area contributed by atoms with Crippen molar-refractivity contribution in [3.63, 3.8) is 0 Å². The zero-order valence-electron chi connectivity index (χ0n) is 14.8. The molecule has 5 heteroatoms. The molecule has 1 aromatic carbocycles. The Bertz CT molecular complexity index is 675. The molecule has 2 aromatic rings. The van der Waals surface area contributed by atoms with Crippen LogP contribution in [0.15, 0.2) is 28.9 Å². The summed E-state index contributed by atoms with van der Waals surface area (Å²) in [5, 5.41) is 1.22. The fourth-order valence-electron chi connectivity index (χ4n) is 2.58. The average molecular weight is 399 g/mol. The lowest BCUT2D eigenvalue weighted by Gasteiger charge is -2.26. The number of aromatic nitrogens is 1. The fourth-order valence-corrected chi connectivity index (χ4v) is 3.73. The Morgan fingerprint density at radius 2 is 1.91 bits per heavy atom. The van der Waals surface area contributed by atoms with E-state index in [-0.39, 0.29) is 10.8 Å². The van der Waals surface area contributed by atoms with Crippen LogP contribution in [0.4, 0.5) is 0 Å². The zero-order chi connectivity index (χ0) is 17.4.